The number of ether oxygens (including phenoxy) is 1. The number of methoxy groups -OCH3 is 1. The molecule has 0 amide bonds. The first kappa shape index (κ1) is 13.6. The van der Waals surface area contributed by atoms with Crippen LogP contribution in [0.4, 0.5) is 8.78 Å². The predicted molar refractivity (Wildman–Crippen MR) is 58.6 cm³/mol. The Morgan fingerprint density at radius 1 is 1.33 bits per heavy atom. The van der Waals surface area contributed by atoms with Gasteiger partial charge >= 0.3 is 0 Å². The lowest BCUT2D eigenvalue weighted by Crippen LogP contribution is -1.77. The fourth-order valence-corrected chi connectivity index (χ4v) is 0.847. The Balaban J connectivity index is 3.78. The number of hydrogen-bond donors (Lipinski definition) is 0. The highest BCUT2D eigenvalue weighted by molar-refractivity contribution is 5.18. The molecule has 0 aliphatic heterocycles. The van der Waals surface area contributed by atoms with Crippen LogP contribution in [-0.2, 0) is 4.74 Å². The van der Waals surface area contributed by atoms with Gasteiger partial charge in [-0.1, -0.05) is 12.7 Å². The van der Waals surface area contributed by atoms with Gasteiger partial charge in [-0.25, -0.2) is 8.78 Å². The highest BCUT2D eigenvalue weighted by Gasteiger charge is 1.89. The van der Waals surface area contributed by atoms with Crippen molar-refractivity contribution in [3.05, 3.63) is 48.8 Å². The van der Waals surface area contributed by atoms with Crippen molar-refractivity contribution in [3.8, 4) is 0 Å². The average molecular weight is 214 g/mol. The van der Waals surface area contributed by atoms with Crippen molar-refractivity contribution in [3.63, 3.8) is 0 Å². The summed E-state index contributed by atoms with van der Waals surface area (Å²) in [6.45, 7) is 3.51. The molecule has 0 aliphatic rings. The first-order valence-corrected chi connectivity index (χ1v) is 4.72. The molecule has 0 N–H and O–H groups in total. The van der Waals surface area contributed by atoms with E-state index < -0.39 is 0 Å². The summed E-state index contributed by atoms with van der Waals surface area (Å²) in [7, 11) is 1.47. The van der Waals surface area contributed by atoms with Crippen LogP contribution in [0, 0.1) is 0 Å². The molecule has 0 saturated heterocycles. The smallest absolute Gasteiger partial charge is 0.119 e. The van der Waals surface area contributed by atoms with Gasteiger partial charge in [0, 0.05) is 0 Å². The second-order valence-electron chi connectivity index (χ2n) is 2.89. The highest BCUT2D eigenvalue weighted by atomic mass is 19.1. The maximum Gasteiger partial charge on any atom is 0.119 e. The van der Waals surface area contributed by atoms with Crippen LogP contribution in [0.15, 0.2) is 48.8 Å². The molecule has 1 nitrogen and oxygen atoms in total. The van der Waals surface area contributed by atoms with Crippen LogP contribution in [-0.4, -0.2) is 7.11 Å². The fraction of sp³-hybridized carbons (Fsp3) is 0.333. The van der Waals surface area contributed by atoms with Gasteiger partial charge in [0.25, 0.3) is 0 Å². The number of halogens is 2. The molecule has 0 bridgehead atoms. The Morgan fingerprint density at radius 2 is 2.07 bits per heavy atom. The van der Waals surface area contributed by atoms with Crippen molar-refractivity contribution in [2.75, 3.05) is 7.11 Å². The standard InChI is InChI=1S/C12H16F2O/c1-11(15-2)8-9-12(14)7-5-3-4-6-10-13/h6-10H,1,3-5H2,2H3/b9-8-,10-6+,12-7+. The zero-order valence-electron chi connectivity index (χ0n) is 8.88. The second kappa shape index (κ2) is 9.19. The molecule has 0 heterocycles. The topological polar surface area (TPSA) is 9.23 Å². The van der Waals surface area contributed by atoms with Crippen molar-refractivity contribution in [1.82, 2.24) is 0 Å². The zero-order valence-corrected chi connectivity index (χ0v) is 8.88. The van der Waals surface area contributed by atoms with Crippen LogP contribution in [0.3, 0.4) is 0 Å². The molecule has 84 valence electrons. The Morgan fingerprint density at radius 3 is 2.67 bits per heavy atom. The van der Waals surface area contributed by atoms with E-state index in [1.54, 1.807) is 0 Å². The third-order valence-electron chi connectivity index (χ3n) is 1.69. The van der Waals surface area contributed by atoms with E-state index in [-0.39, 0.29) is 5.83 Å². The molecule has 0 rings (SSSR count). The van der Waals surface area contributed by atoms with Gasteiger partial charge in [0.05, 0.1) is 13.4 Å². The van der Waals surface area contributed by atoms with Crippen molar-refractivity contribution in [2.45, 2.75) is 19.3 Å². The van der Waals surface area contributed by atoms with Crippen molar-refractivity contribution in [2.24, 2.45) is 0 Å². The van der Waals surface area contributed by atoms with Gasteiger partial charge < -0.3 is 4.74 Å². The molecule has 0 aromatic rings. The molecule has 0 unspecified atom stereocenters. The van der Waals surface area contributed by atoms with Gasteiger partial charge in [-0.2, -0.15) is 0 Å². The molecule has 3 heteroatoms. The van der Waals surface area contributed by atoms with Gasteiger partial charge in [-0.3, -0.25) is 0 Å². The molecule has 0 aromatic carbocycles. The van der Waals surface area contributed by atoms with Crippen LogP contribution < -0.4 is 0 Å². The summed E-state index contributed by atoms with van der Waals surface area (Å²) in [6, 6.07) is 0. The molecular weight excluding hydrogens is 198 g/mol. The van der Waals surface area contributed by atoms with Gasteiger partial charge in [-0.05, 0) is 37.5 Å². The summed E-state index contributed by atoms with van der Waals surface area (Å²) in [4.78, 5) is 0. The third-order valence-corrected chi connectivity index (χ3v) is 1.69. The lowest BCUT2D eigenvalue weighted by Gasteiger charge is -1.94. The van der Waals surface area contributed by atoms with E-state index in [1.807, 2.05) is 0 Å². The van der Waals surface area contributed by atoms with Crippen LogP contribution in [0.5, 0.6) is 0 Å². The van der Waals surface area contributed by atoms with Crippen LogP contribution >= 0.6 is 0 Å². The number of allylic oxidation sites excluding steroid dienone is 5. The summed E-state index contributed by atoms with van der Waals surface area (Å²) >= 11 is 0. The van der Waals surface area contributed by atoms with Gasteiger partial charge in [0.2, 0.25) is 0 Å². The van der Waals surface area contributed by atoms with Crippen molar-refractivity contribution >= 4 is 0 Å². The SMILES string of the molecule is C=C(/C=C\C(F)=C/CCC/C=C/F)OC. The Hall–Kier alpha value is -1.38. The number of rotatable bonds is 7. The maximum absolute atomic E-state index is 13.0. The molecule has 0 fully saturated rings. The van der Waals surface area contributed by atoms with Crippen molar-refractivity contribution < 1.29 is 13.5 Å². The van der Waals surface area contributed by atoms with Gasteiger partial charge in [-0.15, -0.1) is 0 Å². The Labute approximate surface area is 89.4 Å². The molecular formula is C12H16F2O. The minimum atomic E-state index is -0.336. The maximum atomic E-state index is 13.0. The average Bonchev–Trinajstić information content (AvgIpc) is 2.25. The summed E-state index contributed by atoms with van der Waals surface area (Å²) in [5, 5.41) is 0. The molecule has 15 heavy (non-hydrogen) atoms. The summed E-state index contributed by atoms with van der Waals surface area (Å²) < 4.78 is 29.2. The summed E-state index contributed by atoms with van der Waals surface area (Å²) in [5.41, 5.74) is 0. The van der Waals surface area contributed by atoms with E-state index in [0.29, 0.717) is 24.9 Å². The van der Waals surface area contributed by atoms with Crippen LogP contribution in [0.1, 0.15) is 19.3 Å². The number of hydrogen-bond acceptors (Lipinski definition) is 1. The van der Waals surface area contributed by atoms with Crippen LogP contribution in [0.2, 0.25) is 0 Å². The van der Waals surface area contributed by atoms with E-state index >= 15 is 0 Å². The predicted octanol–water partition coefficient (Wildman–Crippen LogP) is 4.21. The molecule has 0 aliphatic carbocycles. The van der Waals surface area contributed by atoms with E-state index in [9.17, 15) is 8.78 Å². The molecule has 0 aromatic heterocycles. The summed E-state index contributed by atoms with van der Waals surface area (Å²) in [5.74, 6) is 0.0661. The van der Waals surface area contributed by atoms with Gasteiger partial charge in [0.1, 0.15) is 11.6 Å². The monoisotopic (exact) mass is 214 g/mol. The minimum Gasteiger partial charge on any atom is -0.497 e. The van der Waals surface area contributed by atoms with E-state index in [0.717, 1.165) is 6.42 Å². The third kappa shape index (κ3) is 8.94. The van der Waals surface area contributed by atoms with E-state index in [4.69, 9.17) is 4.74 Å². The number of unbranched alkanes of at least 4 members (excludes halogenated alkanes) is 2. The zero-order chi connectivity index (χ0) is 11.5. The Bertz CT molecular complexity index is 265. The Kier molecular flexibility index (Phi) is 8.34. The quantitative estimate of drug-likeness (QED) is 0.350. The molecule has 0 atom stereocenters. The second-order valence-corrected chi connectivity index (χ2v) is 2.89. The lowest BCUT2D eigenvalue weighted by molar-refractivity contribution is 0.308. The normalized spacial score (nSPS) is 12.6. The molecule has 0 radical (unpaired) electrons. The first-order chi connectivity index (χ1) is 7.20. The minimum absolute atomic E-state index is 0.336. The summed E-state index contributed by atoms with van der Waals surface area (Å²) in [6.07, 6.45) is 8.04. The lowest BCUT2D eigenvalue weighted by atomic mass is 10.2. The van der Waals surface area contributed by atoms with Gasteiger partial charge in [0.15, 0.2) is 0 Å². The van der Waals surface area contributed by atoms with E-state index in [2.05, 4.69) is 6.58 Å². The first-order valence-electron chi connectivity index (χ1n) is 4.72. The largest absolute Gasteiger partial charge is 0.497 e. The fourth-order valence-electron chi connectivity index (χ4n) is 0.847. The van der Waals surface area contributed by atoms with E-state index in [1.165, 1.54) is 31.4 Å². The van der Waals surface area contributed by atoms with Crippen LogP contribution in [0.25, 0.3) is 0 Å². The molecule has 0 saturated carbocycles. The van der Waals surface area contributed by atoms with Crippen molar-refractivity contribution in [1.29, 1.82) is 0 Å². The molecule has 0 spiro atoms. The highest BCUT2D eigenvalue weighted by Crippen LogP contribution is 2.06.